The number of carbonyl (C=O) groups is 1. The van der Waals surface area contributed by atoms with Crippen LogP contribution in [0.3, 0.4) is 0 Å². The van der Waals surface area contributed by atoms with Crippen LogP contribution in [0.25, 0.3) is 0 Å². The minimum absolute atomic E-state index is 0.0576. The zero-order chi connectivity index (χ0) is 18.9. The van der Waals surface area contributed by atoms with Gasteiger partial charge in [0.05, 0.1) is 6.26 Å². The zero-order valence-corrected chi connectivity index (χ0v) is 15.5. The van der Waals surface area contributed by atoms with Crippen LogP contribution >= 0.6 is 0 Å². The molecule has 0 saturated heterocycles. The van der Waals surface area contributed by atoms with Gasteiger partial charge in [0.15, 0.2) is 0 Å². The lowest BCUT2D eigenvalue weighted by Crippen LogP contribution is -2.46. The van der Waals surface area contributed by atoms with Gasteiger partial charge >= 0.3 is 0 Å². The zero-order valence-electron chi connectivity index (χ0n) is 14.7. The van der Waals surface area contributed by atoms with Crippen LogP contribution < -0.4 is 10.0 Å². The summed E-state index contributed by atoms with van der Waals surface area (Å²) in [5.74, 6) is -1.86. The number of halogens is 2. The van der Waals surface area contributed by atoms with Gasteiger partial charge in [-0.1, -0.05) is 18.9 Å². The molecule has 2 fully saturated rings. The standard InChI is InChI=1S/C18H24F2N2O3S/c1-26(24,25)22-17-5-3-2-4-11(17)10-21-18(23)15-9-14(15)13-7-6-12(19)8-16(13)20/h6-8,11,14-15,17,22H,2-5,9-10H2,1H3,(H,21,23)/t11?,14-,15+,17?/m0/s1. The van der Waals surface area contributed by atoms with E-state index in [-0.39, 0.29) is 29.7 Å². The second kappa shape index (κ2) is 7.60. The van der Waals surface area contributed by atoms with Crippen molar-refractivity contribution in [3.8, 4) is 0 Å². The monoisotopic (exact) mass is 386 g/mol. The van der Waals surface area contributed by atoms with Crippen molar-refractivity contribution in [3.05, 3.63) is 35.4 Å². The molecule has 2 N–H and O–H groups in total. The number of hydrogen-bond donors (Lipinski definition) is 2. The molecule has 3 rings (SSSR count). The first-order valence-electron chi connectivity index (χ1n) is 8.94. The maximum atomic E-state index is 13.8. The number of carbonyl (C=O) groups excluding carboxylic acids is 1. The normalized spacial score (nSPS) is 28.6. The summed E-state index contributed by atoms with van der Waals surface area (Å²) in [5, 5.41) is 2.89. The topological polar surface area (TPSA) is 75.3 Å². The first kappa shape index (κ1) is 19.2. The molecular weight excluding hydrogens is 362 g/mol. The predicted molar refractivity (Wildman–Crippen MR) is 93.9 cm³/mol. The van der Waals surface area contributed by atoms with Crippen molar-refractivity contribution in [3.63, 3.8) is 0 Å². The van der Waals surface area contributed by atoms with E-state index in [9.17, 15) is 22.0 Å². The van der Waals surface area contributed by atoms with E-state index in [1.807, 2.05) is 0 Å². The highest BCUT2D eigenvalue weighted by atomic mass is 32.2. The molecule has 26 heavy (non-hydrogen) atoms. The van der Waals surface area contributed by atoms with Crippen molar-refractivity contribution >= 4 is 15.9 Å². The van der Waals surface area contributed by atoms with Crippen LogP contribution in [0.2, 0.25) is 0 Å². The Morgan fingerprint density at radius 2 is 1.96 bits per heavy atom. The van der Waals surface area contributed by atoms with Gasteiger partial charge in [-0.05, 0) is 42.7 Å². The molecule has 2 aliphatic rings. The molecule has 0 bridgehead atoms. The summed E-state index contributed by atoms with van der Waals surface area (Å²) in [6, 6.07) is 3.28. The molecule has 1 aromatic rings. The molecule has 0 radical (unpaired) electrons. The molecule has 4 atom stereocenters. The lowest BCUT2D eigenvalue weighted by atomic mass is 9.85. The average molecular weight is 386 g/mol. The van der Waals surface area contributed by atoms with E-state index < -0.39 is 21.7 Å². The largest absolute Gasteiger partial charge is 0.356 e. The van der Waals surface area contributed by atoms with E-state index in [0.717, 1.165) is 38.0 Å². The van der Waals surface area contributed by atoms with Crippen LogP contribution in [0, 0.1) is 23.5 Å². The Labute approximate surface area is 152 Å². The minimum atomic E-state index is -3.29. The number of amides is 1. The third-order valence-corrected chi connectivity index (χ3v) is 6.03. The molecule has 1 amide bonds. The number of nitrogens with one attached hydrogen (secondary N) is 2. The van der Waals surface area contributed by atoms with E-state index in [0.29, 0.717) is 18.5 Å². The average Bonchev–Trinajstić information content (AvgIpc) is 3.33. The molecule has 0 aliphatic heterocycles. The van der Waals surface area contributed by atoms with Gasteiger partial charge in [-0.2, -0.15) is 0 Å². The number of hydrogen-bond acceptors (Lipinski definition) is 3. The molecule has 1 aromatic carbocycles. The Morgan fingerprint density at radius 3 is 2.65 bits per heavy atom. The number of rotatable bonds is 6. The fraction of sp³-hybridized carbons (Fsp3) is 0.611. The quantitative estimate of drug-likeness (QED) is 0.788. The van der Waals surface area contributed by atoms with Gasteiger partial charge in [0.2, 0.25) is 15.9 Å². The molecule has 2 unspecified atom stereocenters. The Kier molecular flexibility index (Phi) is 5.62. The third-order valence-electron chi connectivity index (χ3n) is 5.30. The second-order valence-electron chi connectivity index (χ2n) is 7.40. The fourth-order valence-electron chi connectivity index (χ4n) is 3.88. The Hall–Kier alpha value is -1.54. The highest BCUT2D eigenvalue weighted by Gasteiger charge is 2.45. The number of benzene rings is 1. The Bertz CT molecular complexity index is 785. The first-order valence-corrected chi connectivity index (χ1v) is 10.8. The summed E-state index contributed by atoms with van der Waals surface area (Å²) in [4.78, 5) is 12.4. The smallest absolute Gasteiger partial charge is 0.223 e. The summed E-state index contributed by atoms with van der Waals surface area (Å²) in [6.45, 7) is 0.404. The van der Waals surface area contributed by atoms with Crippen molar-refractivity contribution in [1.82, 2.24) is 10.0 Å². The maximum Gasteiger partial charge on any atom is 0.223 e. The van der Waals surface area contributed by atoms with Gasteiger partial charge in [0, 0.05) is 24.6 Å². The lowest BCUT2D eigenvalue weighted by molar-refractivity contribution is -0.122. The van der Waals surface area contributed by atoms with Crippen molar-refractivity contribution in [2.45, 2.75) is 44.1 Å². The van der Waals surface area contributed by atoms with Crippen molar-refractivity contribution in [2.75, 3.05) is 12.8 Å². The molecule has 2 saturated carbocycles. The van der Waals surface area contributed by atoms with Crippen LogP contribution in [0.5, 0.6) is 0 Å². The molecule has 2 aliphatic carbocycles. The summed E-state index contributed by atoms with van der Waals surface area (Å²) in [6.07, 6.45) is 5.28. The maximum absolute atomic E-state index is 13.8. The SMILES string of the molecule is CS(=O)(=O)NC1CCCCC1CNC(=O)[C@@H]1C[C@H]1c1ccc(F)cc1F. The van der Waals surface area contributed by atoms with Gasteiger partial charge in [0.1, 0.15) is 11.6 Å². The van der Waals surface area contributed by atoms with Crippen molar-refractivity contribution in [1.29, 1.82) is 0 Å². The number of sulfonamides is 1. The molecule has 0 heterocycles. The van der Waals surface area contributed by atoms with Crippen molar-refractivity contribution in [2.24, 2.45) is 11.8 Å². The second-order valence-corrected chi connectivity index (χ2v) is 9.18. The van der Waals surface area contributed by atoms with E-state index in [4.69, 9.17) is 0 Å². The van der Waals surface area contributed by atoms with E-state index in [1.165, 1.54) is 12.1 Å². The highest BCUT2D eigenvalue weighted by Crippen LogP contribution is 2.48. The van der Waals surface area contributed by atoms with Gasteiger partial charge in [0.25, 0.3) is 0 Å². The summed E-state index contributed by atoms with van der Waals surface area (Å²) in [7, 11) is -3.29. The molecular formula is C18H24F2N2O3S. The van der Waals surface area contributed by atoms with Crippen LogP contribution in [0.15, 0.2) is 18.2 Å². The summed E-state index contributed by atoms with van der Waals surface area (Å²) < 4.78 is 52.5. The van der Waals surface area contributed by atoms with Gasteiger partial charge in [-0.15, -0.1) is 0 Å². The van der Waals surface area contributed by atoms with E-state index >= 15 is 0 Å². The molecule has 144 valence electrons. The molecule has 8 heteroatoms. The van der Waals surface area contributed by atoms with E-state index in [1.54, 1.807) is 0 Å². The lowest BCUT2D eigenvalue weighted by Gasteiger charge is -2.31. The van der Waals surface area contributed by atoms with Gasteiger partial charge < -0.3 is 5.32 Å². The van der Waals surface area contributed by atoms with Crippen LogP contribution in [0.1, 0.15) is 43.6 Å². The molecule has 0 spiro atoms. The van der Waals surface area contributed by atoms with Crippen LogP contribution in [0.4, 0.5) is 8.78 Å². The predicted octanol–water partition coefficient (Wildman–Crippen LogP) is 2.29. The third kappa shape index (κ3) is 4.79. The fourth-order valence-corrected chi connectivity index (χ4v) is 4.74. The summed E-state index contributed by atoms with van der Waals surface area (Å²) >= 11 is 0. The summed E-state index contributed by atoms with van der Waals surface area (Å²) in [5.41, 5.74) is 0.376. The van der Waals surface area contributed by atoms with Crippen LogP contribution in [-0.2, 0) is 14.8 Å². The molecule has 0 aromatic heterocycles. The van der Waals surface area contributed by atoms with Crippen molar-refractivity contribution < 1.29 is 22.0 Å². The Balaban J connectivity index is 1.54. The first-order chi connectivity index (χ1) is 12.2. The minimum Gasteiger partial charge on any atom is -0.356 e. The van der Waals surface area contributed by atoms with E-state index in [2.05, 4.69) is 10.0 Å². The van der Waals surface area contributed by atoms with Gasteiger partial charge in [-0.25, -0.2) is 21.9 Å². The molecule has 5 nitrogen and oxygen atoms in total. The Morgan fingerprint density at radius 1 is 1.23 bits per heavy atom. The highest BCUT2D eigenvalue weighted by molar-refractivity contribution is 7.88. The van der Waals surface area contributed by atoms with Crippen LogP contribution in [-0.4, -0.2) is 33.2 Å². The van der Waals surface area contributed by atoms with Gasteiger partial charge in [-0.3, -0.25) is 4.79 Å².